The lowest BCUT2D eigenvalue weighted by atomic mass is 9.41. The summed E-state index contributed by atoms with van der Waals surface area (Å²) < 4.78 is 0. The maximum atomic E-state index is 11.5. The summed E-state index contributed by atoms with van der Waals surface area (Å²) in [6.07, 6.45) is 6.26. The molecule has 5 nitrogen and oxygen atoms in total. The Kier molecular flexibility index (Phi) is 5.65. The van der Waals surface area contributed by atoms with Gasteiger partial charge in [-0.2, -0.15) is 0 Å². The third-order valence-electron chi connectivity index (χ3n) is 10.6. The fraction of sp³-hybridized carbons (Fsp3) is 1.00. The summed E-state index contributed by atoms with van der Waals surface area (Å²) >= 11 is 0. The van der Waals surface area contributed by atoms with E-state index in [0.29, 0.717) is 37.0 Å². The summed E-state index contributed by atoms with van der Waals surface area (Å²) in [5, 5.41) is 42.4. The van der Waals surface area contributed by atoms with Gasteiger partial charge in [0.1, 0.15) is 0 Å². The van der Waals surface area contributed by atoms with Gasteiger partial charge >= 0.3 is 0 Å². The average Bonchev–Trinajstić information content (AvgIpc) is 3.01. The monoisotopic (exact) mass is 409 g/mol. The maximum Gasteiger partial charge on any atom is 0.0602 e. The van der Waals surface area contributed by atoms with Crippen LogP contribution >= 0.6 is 0 Å². The molecule has 0 heterocycles. The fourth-order valence-corrected chi connectivity index (χ4v) is 8.87. The van der Waals surface area contributed by atoms with Crippen LogP contribution in [-0.2, 0) is 0 Å². The highest BCUT2D eigenvalue weighted by Gasteiger charge is 2.68. The molecule has 8 unspecified atom stereocenters. The van der Waals surface area contributed by atoms with Gasteiger partial charge in [-0.25, -0.2) is 0 Å². The van der Waals surface area contributed by atoms with E-state index in [1.54, 1.807) is 0 Å². The molecule has 29 heavy (non-hydrogen) atoms. The van der Waals surface area contributed by atoms with Crippen LogP contribution in [0.25, 0.3) is 0 Å². The Morgan fingerprint density at radius 3 is 2.45 bits per heavy atom. The second-order valence-corrected chi connectivity index (χ2v) is 11.7. The molecule has 5 heteroatoms. The van der Waals surface area contributed by atoms with Gasteiger partial charge in [-0.05, 0) is 98.2 Å². The smallest absolute Gasteiger partial charge is 0.0602 e. The van der Waals surface area contributed by atoms with E-state index >= 15 is 0 Å². The second kappa shape index (κ2) is 7.44. The minimum absolute atomic E-state index is 0.140. The molecular formula is C24H43NO4. The van der Waals surface area contributed by atoms with Crippen molar-refractivity contribution in [3.05, 3.63) is 0 Å². The molecule has 0 aliphatic heterocycles. The van der Waals surface area contributed by atoms with Crippen LogP contribution in [0, 0.1) is 40.4 Å². The minimum atomic E-state index is -0.550. The molecule has 4 aliphatic rings. The average molecular weight is 410 g/mol. The lowest BCUT2D eigenvalue weighted by molar-refractivity contribution is -0.213. The van der Waals surface area contributed by atoms with Crippen molar-refractivity contribution in [2.24, 2.45) is 46.2 Å². The SMILES string of the molecule is CC(CCCO)C1CCC2C3C(C[C@H](O)C12C)C1(C)CC[C@@H](O)CC1(N)C[C@H]3O. The number of aliphatic hydroxyl groups is 4. The van der Waals surface area contributed by atoms with E-state index in [1.807, 2.05) is 0 Å². The van der Waals surface area contributed by atoms with E-state index in [1.165, 1.54) is 0 Å². The summed E-state index contributed by atoms with van der Waals surface area (Å²) in [6, 6.07) is 0. The third kappa shape index (κ3) is 3.06. The van der Waals surface area contributed by atoms with Crippen molar-refractivity contribution >= 4 is 0 Å². The molecule has 0 aromatic rings. The first kappa shape index (κ1) is 22.0. The van der Waals surface area contributed by atoms with E-state index in [2.05, 4.69) is 20.8 Å². The number of nitrogens with two attached hydrogens (primary N) is 1. The molecule has 0 radical (unpaired) electrons. The normalized spacial score (nSPS) is 55.7. The third-order valence-corrected chi connectivity index (χ3v) is 10.6. The van der Waals surface area contributed by atoms with Gasteiger partial charge in [0.05, 0.1) is 18.3 Å². The zero-order valence-electron chi connectivity index (χ0n) is 18.6. The number of fused-ring (bicyclic) bond motifs is 5. The fourth-order valence-electron chi connectivity index (χ4n) is 8.87. The highest BCUT2D eigenvalue weighted by molar-refractivity contribution is 5.19. The van der Waals surface area contributed by atoms with Crippen molar-refractivity contribution in [1.29, 1.82) is 0 Å². The molecule has 4 fully saturated rings. The van der Waals surface area contributed by atoms with E-state index in [-0.39, 0.29) is 41.5 Å². The Morgan fingerprint density at radius 1 is 1.03 bits per heavy atom. The van der Waals surface area contributed by atoms with Crippen molar-refractivity contribution in [2.75, 3.05) is 6.61 Å². The predicted molar refractivity (Wildman–Crippen MR) is 113 cm³/mol. The first-order valence-corrected chi connectivity index (χ1v) is 12.0. The van der Waals surface area contributed by atoms with Crippen LogP contribution in [0.15, 0.2) is 0 Å². The number of aliphatic hydroxyl groups excluding tert-OH is 4. The molecule has 0 spiro atoms. The summed E-state index contributed by atoms with van der Waals surface area (Å²) in [5.74, 6) is 1.63. The number of rotatable bonds is 4. The molecule has 0 aromatic carbocycles. The second-order valence-electron chi connectivity index (χ2n) is 11.7. The zero-order chi connectivity index (χ0) is 21.2. The van der Waals surface area contributed by atoms with Crippen molar-refractivity contribution in [3.8, 4) is 0 Å². The molecule has 0 saturated heterocycles. The van der Waals surface area contributed by atoms with Gasteiger partial charge in [-0.15, -0.1) is 0 Å². The molecular weight excluding hydrogens is 366 g/mol. The van der Waals surface area contributed by atoms with Gasteiger partial charge in [0.25, 0.3) is 0 Å². The largest absolute Gasteiger partial charge is 0.396 e. The lowest BCUT2D eigenvalue weighted by Crippen LogP contribution is -2.71. The highest BCUT2D eigenvalue weighted by atomic mass is 16.3. The molecule has 4 rings (SSSR count). The Hall–Kier alpha value is -0.200. The van der Waals surface area contributed by atoms with E-state index in [0.717, 1.165) is 38.5 Å². The maximum absolute atomic E-state index is 11.5. The highest BCUT2D eigenvalue weighted by Crippen LogP contribution is 2.68. The van der Waals surface area contributed by atoms with Crippen LogP contribution in [0.5, 0.6) is 0 Å². The summed E-state index contributed by atoms with van der Waals surface area (Å²) in [7, 11) is 0. The van der Waals surface area contributed by atoms with Crippen LogP contribution in [-0.4, -0.2) is 50.9 Å². The topological polar surface area (TPSA) is 107 Å². The predicted octanol–water partition coefficient (Wildman–Crippen LogP) is 2.44. The molecule has 0 aromatic heterocycles. The molecule has 6 N–H and O–H groups in total. The summed E-state index contributed by atoms with van der Waals surface area (Å²) in [4.78, 5) is 0. The molecule has 11 atom stereocenters. The Balaban J connectivity index is 1.66. The Bertz CT molecular complexity index is 616. The summed E-state index contributed by atoms with van der Waals surface area (Å²) in [5.41, 5.74) is 6.05. The Morgan fingerprint density at radius 2 is 1.76 bits per heavy atom. The van der Waals surface area contributed by atoms with Gasteiger partial charge in [-0.1, -0.05) is 20.8 Å². The summed E-state index contributed by atoms with van der Waals surface area (Å²) in [6.45, 7) is 7.05. The van der Waals surface area contributed by atoms with Gasteiger partial charge in [0.15, 0.2) is 0 Å². The standard InChI is InChI=1S/C24H43NO4/c1-14(5-4-10-26)16-6-7-17-21-18(11-20(29)23(16,17)3)22(2)9-8-15(27)12-24(22,25)13-19(21)28/h14-21,26-29H,4-13,25H2,1-3H3/t14?,15-,16?,17?,18?,19-,20+,21?,22?,23?,24?/m1/s1. The van der Waals surface area contributed by atoms with Gasteiger partial charge in [-0.3, -0.25) is 0 Å². The van der Waals surface area contributed by atoms with Crippen LogP contribution in [0.3, 0.4) is 0 Å². The molecule has 4 saturated carbocycles. The van der Waals surface area contributed by atoms with E-state index < -0.39 is 11.6 Å². The lowest BCUT2D eigenvalue weighted by Gasteiger charge is -2.66. The quantitative estimate of drug-likeness (QED) is 0.490. The molecule has 168 valence electrons. The van der Waals surface area contributed by atoms with Gasteiger partial charge in [0.2, 0.25) is 0 Å². The molecule has 0 bridgehead atoms. The zero-order valence-corrected chi connectivity index (χ0v) is 18.6. The van der Waals surface area contributed by atoms with Crippen molar-refractivity contribution in [3.63, 3.8) is 0 Å². The molecule has 0 amide bonds. The van der Waals surface area contributed by atoms with Gasteiger partial charge in [0, 0.05) is 12.1 Å². The minimum Gasteiger partial charge on any atom is -0.396 e. The van der Waals surface area contributed by atoms with Crippen LogP contribution in [0.4, 0.5) is 0 Å². The van der Waals surface area contributed by atoms with Crippen LogP contribution in [0.2, 0.25) is 0 Å². The van der Waals surface area contributed by atoms with Gasteiger partial charge < -0.3 is 26.2 Å². The van der Waals surface area contributed by atoms with Crippen LogP contribution < -0.4 is 5.73 Å². The number of hydrogen-bond acceptors (Lipinski definition) is 5. The first-order chi connectivity index (χ1) is 13.6. The Labute approximate surface area is 176 Å². The molecule has 4 aliphatic carbocycles. The van der Waals surface area contributed by atoms with Crippen molar-refractivity contribution < 1.29 is 20.4 Å². The first-order valence-electron chi connectivity index (χ1n) is 12.0. The number of hydrogen-bond donors (Lipinski definition) is 5. The van der Waals surface area contributed by atoms with Crippen molar-refractivity contribution in [2.45, 2.75) is 102 Å². The van der Waals surface area contributed by atoms with Crippen molar-refractivity contribution in [1.82, 2.24) is 0 Å². The van der Waals surface area contributed by atoms with E-state index in [9.17, 15) is 20.4 Å². The van der Waals surface area contributed by atoms with Crippen LogP contribution in [0.1, 0.15) is 78.6 Å². The van der Waals surface area contributed by atoms with E-state index in [4.69, 9.17) is 5.73 Å².